The van der Waals surface area contributed by atoms with E-state index in [2.05, 4.69) is 29.1 Å². The molecule has 2 heterocycles. The number of nitrogens with one attached hydrogen (secondary N) is 1. The van der Waals surface area contributed by atoms with Gasteiger partial charge in [-0.2, -0.15) is 0 Å². The van der Waals surface area contributed by atoms with E-state index in [0.29, 0.717) is 0 Å². The second-order valence-corrected chi connectivity index (χ2v) is 5.13. The van der Waals surface area contributed by atoms with Gasteiger partial charge in [-0.1, -0.05) is 0 Å². The SMILES string of the molecule is Cc1ccnc(NC(C)c2cnc(C)s2)c1. The Bertz CT molecular complexity index is 479. The van der Waals surface area contributed by atoms with E-state index in [1.807, 2.05) is 31.5 Å². The van der Waals surface area contributed by atoms with Crippen molar-refractivity contribution < 1.29 is 0 Å². The standard InChI is InChI=1S/C12H15N3S/c1-8-4-5-13-12(6-8)15-9(2)11-7-14-10(3)16-11/h4-7,9H,1-3H3,(H,13,15). The van der Waals surface area contributed by atoms with Gasteiger partial charge in [0.05, 0.1) is 11.0 Å². The molecule has 2 aromatic heterocycles. The first-order valence-corrected chi connectivity index (χ1v) is 6.08. The van der Waals surface area contributed by atoms with E-state index in [9.17, 15) is 0 Å². The molecule has 2 rings (SSSR count). The van der Waals surface area contributed by atoms with Crippen LogP contribution in [0.2, 0.25) is 0 Å². The molecule has 1 N–H and O–H groups in total. The molecular formula is C12H15N3S. The summed E-state index contributed by atoms with van der Waals surface area (Å²) in [6.45, 7) is 6.21. The molecule has 84 valence electrons. The van der Waals surface area contributed by atoms with Crippen molar-refractivity contribution in [3.8, 4) is 0 Å². The number of aromatic nitrogens is 2. The Balaban J connectivity index is 2.10. The van der Waals surface area contributed by atoms with E-state index in [1.165, 1.54) is 10.4 Å². The number of aryl methyl sites for hydroxylation is 2. The molecule has 0 aliphatic carbocycles. The fourth-order valence-corrected chi connectivity index (χ4v) is 2.27. The Hall–Kier alpha value is -1.42. The van der Waals surface area contributed by atoms with E-state index in [0.717, 1.165) is 10.8 Å². The van der Waals surface area contributed by atoms with E-state index in [-0.39, 0.29) is 6.04 Å². The minimum atomic E-state index is 0.250. The third-order valence-electron chi connectivity index (χ3n) is 2.35. The smallest absolute Gasteiger partial charge is 0.126 e. The van der Waals surface area contributed by atoms with Crippen molar-refractivity contribution in [2.24, 2.45) is 0 Å². The molecule has 0 saturated carbocycles. The van der Waals surface area contributed by atoms with Gasteiger partial charge < -0.3 is 5.32 Å². The Morgan fingerprint density at radius 1 is 1.31 bits per heavy atom. The van der Waals surface area contributed by atoms with Crippen LogP contribution in [-0.2, 0) is 0 Å². The molecule has 0 spiro atoms. The van der Waals surface area contributed by atoms with Gasteiger partial charge in [0.15, 0.2) is 0 Å². The lowest BCUT2D eigenvalue weighted by Crippen LogP contribution is -2.06. The zero-order valence-corrected chi connectivity index (χ0v) is 10.5. The van der Waals surface area contributed by atoms with Gasteiger partial charge in [0.2, 0.25) is 0 Å². The molecule has 0 aliphatic rings. The number of thiazole rings is 1. The topological polar surface area (TPSA) is 37.8 Å². The van der Waals surface area contributed by atoms with Crippen molar-refractivity contribution in [3.63, 3.8) is 0 Å². The number of hydrogen-bond donors (Lipinski definition) is 1. The predicted molar refractivity (Wildman–Crippen MR) is 67.9 cm³/mol. The molecule has 0 radical (unpaired) electrons. The highest BCUT2D eigenvalue weighted by Gasteiger charge is 2.08. The van der Waals surface area contributed by atoms with Gasteiger partial charge in [-0.25, -0.2) is 9.97 Å². The molecule has 4 heteroatoms. The number of pyridine rings is 1. The van der Waals surface area contributed by atoms with Gasteiger partial charge in [0, 0.05) is 17.3 Å². The quantitative estimate of drug-likeness (QED) is 0.883. The van der Waals surface area contributed by atoms with Crippen molar-refractivity contribution in [1.82, 2.24) is 9.97 Å². The third-order valence-corrected chi connectivity index (χ3v) is 3.44. The average molecular weight is 233 g/mol. The lowest BCUT2D eigenvalue weighted by atomic mass is 10.2. The summed E-state index contributed by atoms with van der Waals surface area (Å²) in [4.78, 5) is 9.78. The monoisotopic (exact) mass is 233 g/mol. The van der Waals surface area contributed by atoms with Crippen molar-refractivity contribution in [1.29, 1.82) is 0 Å². The molecule has 0 saturated heterocycles. The van der Waals surface area contributed by atoms with Crippen LogP contribution in [0.3, 0.4) is 0 Å². The first-order valence-electron chi connectivity index (χ1n) is 5.26. The molecule has 0 aromatic carbocycles. The maximum absolute atomic E-state index is 4.28. The second-order valence-electron chi connectivity index (χ2n) is 3.87. The molecule has 0 fully saturated rings. The Morgan fingerprint density at radius 3 is 2.75 bits per heavy atom. The fourth-order valence-electron chi connectivity index (χ4n) is 1.49. The largest absolute Gasteiger partial charge is 0.363 e. The first-order chi connectivity index (χ1) is 7.65. The normalized spacial score (nSPS) is 12.4. The number of anilines is 1. The highest BCUT2D eigenvalue weighted by atomic mass is 32.1. The van der Waals surface area contributed by atoms with Crippen LogP contribution in [0, 0.1) is 13.8 Å². The van der Waals surface area contributed by atoms with Crippen molar-refractivity contribution in [3.05, 3.63) is 40.0 Å². The van der Waals surface area contributed by atoms with Crippen molar-refractivity contribution in [2.75, 3.05) is 5.32 Å². The summed E-state index contributed by atoms with van der Waals surface area (Å²) in [7, 11) is 0. The van der Waals surface area contributed by atoms with Crippen LogP contribution in [0.5, 0.6) is 0 Å². The summed E-state index contributed by atoms with van der Waals surface area (Å²) in [6.07, 6.45) is 3.75. The molecule has 0 aliphatic heterocycles. The predicted octanol–water partition coefficient (Wildman–Crippen LogP) is 3.33. The van der Waals surface area contributed by atoms with Crippen LogP contribution in [0.15, 0.2) is 24.5 Å². The van der Waals surface area contributed by atoms with Gasteiger partial charge in [-0.3, -0.25) is 0 Å². The van der Waals surface area contributed by atoms with E-state index in [4.69, 9.17) is 0 Å². The second kappa shape index (κ2) is 4.61. The zero-order chi connectivity index (χ0) is 11.5. The molecule has 3 nitrogen and oxygen atoms in total. The van der Waals surface area contributed by atoms with Crippen LogP contribution in [0.4, 0.5) is 5.82 Å². The summed E-state index contributed by atoms with van der Waals surface area (Å²) in [5.74, 6) is 0.915. The van der Waals surface area contributed by atoms with E-state index in [1.54, 1.807) is 11.3 Å². The molecule has 2 aromatic rings. The van der Waals surface area contributed by atoms with Gasteiger partial charge in [-0.05, 0) is 38.5 Å². The number of hydrogen-bond acceptors (Lipinski definition) is 4. The number of rotatable bonds is 3. The lowest BCUT2D eigenvalue weighted by molar-refractivity contribution is 0.891. The highest BCUT2D eigenvalue weighted by molar-refractivity contribution is 7.11. The highest BCUT2D eigenvalue weighted by Crippen LogP contribution is 2.23. The van der Waals surface area contributed by atoms with Crippen LogP contribution in [-0.4, -0.2) is 9.97 Å². The van der Waals surface area contributed by atoms with Gasteiger partial charge in [-0.15, -0.1) is 11.3 Å². The molecule has 0 amide bonds. The first kappa shape index (κ1) is 11.1. The molecule has 1 unspecified atom stereocenters. The molecular weight excluding hydrogens is 218 g/mol. The van der Waals surface area contributed by atoms with E-state index < -0.39 is 0 Å². The van der Waals surface area contributed by atoms with Crippen LogP contribution >= 0.6 is 11.3 Å². The Kier molecular flexibility index (Phi) is 3.19. The van der Waals surface area contributed by atoms with Gasteiger partial charge >= 0.3 is 0 Å². The van der Waals surface area contributed by atoms with Crippen LogP contribution in [0.1, 0.15) is 28.4 Å². The fraction of sp³-hybridized carbons (Fsp3) is 0.333. The summed E-state index contributed by atoms with van der Waals surface area (Å²) in [6, 6.07) is 4.29. The summed E-state index contributed by atoms with van der Waals surface area (Å²) >= 11 is 1.72. The minimum Gasteiger partial charge on any atom is -0.363 e. The molecule has 1 atom stereocenters. The number of nitrogens with zero attached hydrogens (tertiary/aromatic N) is 2. The molecule has 0 bridgehead atoms. The third kappa shape index (κ3) is 2.58. The van der Waals surface area contributed by atoms with E-state index >= 15 is 0 Å². The average Bonchev–Trinajstić information content (AvgIpc) is 2.65. The maximum Gasteiger partial charge on any atom is 0.126 e. The summed E-state index contributed by atoms with van der Waals surface area (Å²) in [5.41, 5.74) is 1.21. The summed E-state index contributed by atoms with van der Waals surface area (Å²) < 4.78 is 0. The lowest BCUT2D eigenvalue weighted by Gasteiger charge is -2.12. The zero-order valence-electron chi connectivity index (χ0n) is 9.69. The Morgan fingerprint density at radius 2 is 2.12 bits per heavy atom. The molecule has 16 heavy (non-hydrogen) atoms. The van der Waals surface area contributed by atoms with Gasteiger partial charge in [0.25, 0.3) is 0 Å². The van der Waals surface area contributed by atoms with Crippen molar-refractivity contribution in [2.45, 2.75) is 26.8 Å². The van der Waals surface area contributed by atoms with Gasteiger partial charge in [0.1, 0.15) is 5.82 Å². The van der Waals surface area contributed by atoms with Crippen molar-refractivity contribution >= 4 is 17.2 Å². The summed E-state index contributed by atoms with van der Waals surface area (Å²) in [5, 5.41) is 4.47. The Labute approximate surface area is 99.6 Å². The van der Waals surface area contributed by atoms with Crippen LogP contribution < -0.4 is 5.32 Å². The minimum absolute atomic E-state index is 0.250. The maximum atomic E-state index is 4.28. The van der Waals surface area contributed by atoms with Crippen LogP contribution in [0.25, 0.3) is 0 Å².